The van der Waals surface area contributed by atoms with Crippen molar-refractivity contribution in [3.05, 3.63) is 71.5 Å². The summed E-state index contributed by atoms with van der Waals surface area (Å²) in [5.41, 5.74) is 2.06. The van der Waals surface area contributed by atoms with Gasteiger partial charge in [0.15, 0.2) is 0 Å². The number of hydrogen-bond acceptors (Lipinski definition) is 3. The summed E-state index contributed by atoms with van der Waals surface area (Å²) in [4.78, 5) is 26.6. The van der Waals surface area contributed by atoms with Crippen molar-refractivity contribution in [1.82, 2.24) is 0 Å². The molecule has 0 spiro atoms. The quantitative estimate of drug-likeness (QED) is 0.838. The Labute approximate surface area is 146 Å². The molecule has 1 heterocycles. The number of amides is 2. The number of para-hydroxylation sites is 2. The SMILES string of the molecule is CC(C)c1ccccc1NC(=O)C1=C(O)CN(c2ccccc2)C1=O. The topological polar surface area (TPSA) is 69.6 Å². The number of aliphatic hydroxyl groups is 1. The first kappa shape index (κ1) is 16.8. The van der Waals surface area contributed by atoms with Gasteiger partial charge in [-0.15, -0.1) is 0 Å². The Morgan fingerprint density at radius 1 is 1.08 bits per heavy atom. The number of aliphatic hydroxyl groups excluding tert-OH is 1. The molecule has 0 unspecified atom stereocenters. The zero-order valence-corrected chi connectivity index (χ0v) is 14.2. The highest BCUT2D eigenvalue weighted by molar-refractivity contribution is 6.29. The number of nitrogens with zero attached hydrogens (tertiary/aromatic N) is 1. The number of hydrogen-bond donors (Lipinski definition) is 2. The lowest BCUT2D eigenvalue weighted by Crippen LogP contribution is -2.30. The molecule has 1 aliphatic heterocycles. The second kappa shape index (κ2) is 6.81. The van der Waals surface area contributed by atoms with E-state index >= 15 is 0 Å². The molecule has 3 rings (SSSR count). The zero-order chi connectivity index (χ0) is 18.0. The Balaban J connectivity index is 1.83. The number of rotatable bonds is 4. The molecule has 0 bridgehead atoms. The van der Waals surface area contributed by atoms with E-state index in [9.17, 15) is 14.7 Å². The Kier molecular flexibility index (Phi) is 4.57. The van der Waals surface area contributed by atoms with Crippen LogP contribution in [0.5, 0.6) is 0 Å². The lowest BCUT2D eigenvalue weighted by atomic mass is 10.0. The minimum atomic E-state index is -0.589. The van der Waals surface area contributed by atoms with E-state index in [-0.39, 0.29) is 23.8 Å². The normalized spacial score (nSPS) is 14.4. The summed E-state index contributed by atoms with van der Waals surface area (Å²) in [6, 6.07) is 16.4. The lowest BCUT2D eigenvalue weighted by molar-refractivity contribution is -0.119. The van der Waals surface area contributed by atoms with Gasteiger partial charge >= 0.3 is 0 Å². The van der Waals surface area contributed by atoms with E-state index in [2.05, 4.69) is 5.32 Å². The van der Waals surface area contributed by atoms with Gasteiger partial charge < -0.3 is 15.3 Å². The standard InChI is InChI=1S/C20H20N2O3/c1-13(2)15-10-6-7-11-16(15)21-19(24)18-17(23)12-22(20(18)25)14-8-4-3-5-9-14/h3-11,13,23H,12H2,1-2H3,(H,21,24). The highest BCUT2D eigenvalue weighted by Gasteiger charge is 2.36. The molecule has 0 aromatic heterocycles. The largest absolute Gasteiger partial charge is 0.509 e. The van der Waals surface area contributed by atoms with Gasteiger partial charge in [0.25, 0.3) is 11.8 Å². The van der Waals surface area contributed by atoms with Crippen molar-refractivity contribution >= 4 is 23.2 Å². The van der Waals surface area contributed by atoms with Gasteiger partial charge in [0.05, 0.1) is 6.54 Å². The third-order valence-corrected chi connectivity index (χ3v) is 4.18. The monoisotopic (exact) mass is 336 g/mol. The summed E-state index contributed by atoms with van der Waals surface area (Å²) in [6.07, 6.45) is 0. The third kappa shape index (κ3) is 3.26. The minimum absolute atomic E-state index is 0.00255. The van der Waals surface area contributed by atoms with Crippen molar-refractivity contribution in [2.24, 2.45) is 0 Å². The van der Waals surface area contributed by atoms with Crippen LogP contribution in [0.25, 0.3) is 0 Å². The van der Waals surface area contributed by atoms with Crippen LogP contribution in [0.4, 0.5) is 11.4 Å². The van der Waals surface area contributed by atoms with Crippen LogP contribution < -0.4 is 10.2 Å². The fraction of sp³-hybridized carbons (Fsp3) is 0.200. The summed E-state index contributed by atoms with van der Waals surface area (Å²) in [6.45, 7) is 4.05. The van der Waals surface area contributed by atoms with Crippen molar-refractivity contribution in [3.63, 3.8) is 0 Å². The summed E-state index contributed by atoms with van der Waals surface area (Å²) < 4.78 is 0. The van der Waals surface area contributed by atoms with Crippen LogP contribution in [-0.4, -0.2) is 23.5 Å². The van der Waals surface area contributed by atoms with Gasteiger partial charge in [0.1, 0.15) is 11.3 Å². The minimum Gasteiger partial charge on any atom is -0.509 e. The maximum absolute atomic E-state index is 12.6. The summed E-state index contributed by atoms with van der Waals surface area (Å²) in [7, 11) is 0. The molecule has 1 aliphatic rings. The first-order valence-corrected chi connectivity index (χ1v) is 8.18. The van der Waals surface area contributed by atoms with E-state index in [1.54, 1.807) is 30.3 Å². The molecule has 0 saturated carbocycles. The average Bonchev–Trinajstić information content (AvgIpc) is 2.90. The first-order valence-electron chi connectivity index (χ1n) is 8.18. The molecule has 0 saturated heterocycles. The summed E-state index contributed by atoms with van der Waals surface area (Å²) in [5, 5.41) is 12.9. The van der Waals surface area contributed by atoms with E-state index in [0.717, 1.165) is 5.56 Å². The highest BCUT2D eigenvalue weighted by atomic mass is 16.3. The molecular formula is C20H20N2O3. The molecule has 2 amide bonds. The van der Waals surface area contributed by atoms with Crippen LogP contribution in [0.1, 0.15) is 25.3 Å². The average molecular weight is 336 g/mol. The van der Waals surface area contributed by atoms with Gasteiger partial charge in [0, 0.05) is 11.4 Å². The van der Waals surface area contributed by atoms with Crippen LogP contribution >= 0.6 is 0 Å². The maximum Gasteiger partial charge on any atom is 0.267 e. The van der Waals surface area contributed by atoms with Crippen LogP contribution in [0, 0.1) is 0 Å². The summed E-state index contributed by atoms with van der Waals surface area (Å²) in [5.74, 6) is -1.08. The molecule has 0 atom stereocenters. The molecule has 25 heavy (non-hydrogen) atoms. The predicted octanol–water partition coefficient (Wildman–Crippen LogP) is 3.61. The Bertz CT molecular complexity index is 841. The number of benzene rings is 2. The van der Waals surface area contributed by atoms with Crippen LogP contribution in [0.3, 0.4) is 0 Å². The van der Waals surface area contributed by atoms with Gasteiger partial charge in [-0.25, -0.2) is 0 Å². The van der Waals surface area contributed by atoms with Crippen molar-refractivity contribution in [2.75, 3.05) is 16.8 Å². The molecule has 5 heteroatoms. The smallest absolute Gasteiger partial charge is 0.267 e. The van der Waals surface area contributed by atoms with Gasteiger partial charge in [-0.3, -0.25) is 9.59 Å². The molecule has 2 aromatic rings. The lowest BCUT2D eigenvalue weighted by Gasteiger charge is -2.16. The van der Waals surface area contributed by atoms with Crippen LogP contribution in [0.2, 0.25) is 0 Å². The van der Waals surface area contributed by atoms with Gasteiger partial charge in [-0.2, -0.15) is 0 Å². The second-order valence-electron chi connectivity index (χ2n) is 6.24. The molecule has 5 nitrogen and oxygen atoms in total. The predicted molar refractivity (Wildman–Crippen MR) is 97.6 cm³/mol. The number of carbonyl (C=O) groups excluding carboxylic acids is 2. The molecule has 0 radical (unpaired) electrons. The van der Waals surface area contributed by atoms with Crippen molar-refractivity contribution in [2.45, 2.75) is 19.8 Å². The molecule has 2 N–H and O–H groups in total. The Hall–Kier alpha value is -3.08. The van der Waals surface area contributed by atoms with Gasteiger partial charge in [-0.05, 0) is 29.7 Å². The maximum atomic E-state index is 12.6. The molecule has 2 aromatic carbocycles. The van der Waals surface area contributed by atoms with Crippen LogP contribution in [0.15, 0.2) is 65.9 Å². The Morgan fingerprint density at radius 3 is 2.40 bits per heavy atom. The molecule has 128 valence electrons. The zero-order valence-electron chi connectivity index (χ0n) is 14.2. The van der Waals surface area contributed by atoms with Crippen LogP contribution in [-0.2, 0) is 9.59 Å². The summed E-state index contributed by atoms with van der Waals surface area (Å²) >= 11 is 0. The number of carbonyl (C=O) groups is 2. The van der Waals surface area contributed by atoms with Crippen molar-refractivity contribution < 1.29 is 14.7 Å². The van der Waals surface area contributed by atoms with Crippen molar-refractivity contribution in [3.8, 4) is 0 Å². The van der Waals surface area contributed by atoms with E-state index in [0.29, 0.717) is 11.4 Å². The van der Waals surface area contributed by atoms with Gasteiger partial charge in [-0.1, -0.05) is 50.2 Å². The Morgan fingerprint density at radius 2 is 1.72 bits per heavy atom. The third-order valence-electron chi connectivity index (χ3n) is 4.18. The molecule has 0 aliphatic carbocycles. The number of anilines is 2. The van der Waals surface area contributed by atoms with Gasteiger partial charge in [0.2, 0.25) is 0 Å². The van der Waals surface area contributed by atoms with Crippen molar-refractivity contribution in [1.29, 1.82) is 0 Å². The van der Waals surface area contributed by atoms with E-state index in [4.69, 9.17) is 0 Å². The fourth-order valence-electron chi connectivity index (χ4n) is 2.90. The second-order valence-corrected chi connectivity index (χ2v) is 6.24. The van der Waals surface area contributed by atoms with E-state index < -0.39 is 11.8 Å². The molecule has 0 fully saturated rings. The van der Waals surface area contributed by atoms with E-state index in [1.807, 2.05) is 38.1 Å². The first-order chi connectivity index (χ1) is 12.0. The molecular weight excluding hydrogens is 316 g/mol. The highest BCUT2D eigenvalue weighted by Crippen LogP contribution is 2.27. The fourth-order valence-corrected chi connectivity index (χ4v) is 2.90. The number of nitrogens with one attached hydrogen (secondary N) is 1. The van der Waals surface area contributed by atoms with E-state index in [1.165, 1.54) is 4.90 Å².